The van der Waals surface area contributed by atoms with Crippen LogP contribution in [-0.4, -0.2) is 75.7 Å². The molecule has 0 aliphatic carbocycles. The number of piperidine rings is 1. The average Bonchev–Trinajstić information content (AvgIpc) is 2.58. The molecule has 1 aliphatic rings. The van der Waals surface area contributed by atoms with Crippen LogP contribution in [0.4, 0.5) is 0 Å². The molecule has 0 aromatic rings. The minimum Gasteiger partial charge on any atom is -0.480 e. The van der Waals surface area contributed by atoms with Gasteiger partial charge in [-0.2, -0.15) is 0 Å². The number of nitrogens with two attached hydrogens (primary N) is 1. The molecule has 8 nitrogen and oxygen atoms in total. The van der Waals surface area contributed by atoms with Gasteiger partial charge in [0.25, 0.3) is 0 Å². The Kier molecular flexibility index (Phi) is 9.97. The van der Waals surface area contributed by atoms with Crippen LogP contribution in [0.15, 0.2) is 0 Å². The van der Waals surface area contributed by atoms with Crippen LogP contribution in [0.3, 0.4) is 0 Å². The van der Waals surface area contributed by atoms with Gasteiger partial charge in [0.05, 0.1) is 0 Å². The van der Waals surface area contributed by atoms with E-state index in [0.29, 0.717) is 18.5 Å². The molecule has 2 atom stereocenters. The molecule has 1 amide bonds. The third-order valence-electron chi connectivity index (χ3n) is 4.69. The summed E-state index contributed by atoms with van der Waals surface area (Å²) in [6.07, 6.45) is 2.95. The molecule has 1 unspecified atom stereocenters. The van der Waals surface area contributed by atoms with Gasteiger partial charge in [-0.3, -0.25) is 14.4 Å². The number of carboxylic acid groups (broad SMARTS) is 2. The summed E-state index contributed by atoms with van der Waals surface area (Å²) in [6.45, 7) is 7.09. The number of amides is 1. The first-order chi connectivity index (χ1) is 12.2. The van der Waals surface area contributed by atoms with E-state index in [2.05, 4.69) is 24.1 Å². The van der Waals surface area contributed by atoms with Crippen molar-refractivity contribution < 1.29 is 24.6 Å². The molecule has 9 heteroatoms. The molecule has 1 heterocycles. The number of thioether (sulfide) groups is 1. The maximum atomic E-state index is 12.0. The predicted octanol–water partition coefficient (Wildman–Crippen LogP) is 0.602. The van der Waals surface area contributed by atoms with Crippen LogP contribution < -0.4 is 11.1 Å². The molecular formula is C17H31N3O5S. The van der Waals surface area contributed by atoms with Crippen molar-refractivity contribution in [3.63, 3.8) is 0 Å². The molecule has 26 heavy (non-hydrogen) atoms. The summed E-state index contributed by atoms with van der Waals surface area (Å²) in [5.74, 6) is -2.11. The fourth-order valence-corrected chi connectivity index (χ4v) is 3.92. The normalized spacial score (nSPS) is 18.5. The van der Waals surface area contributed by atoms with Crippen LogP contribution in [0.1, 0.15) is 39.5 Å². The average molecular weight is 390 g/mol. The molecule has 150 valence electrons. The van der Waals surface area contributed by atoms with Gasteiger partial charge in [0.1, 0.15) is 11.3 Å². The summed E-state index contributed by atoms with van der Waals surface area (Å²) < 4.78 is 0. The van der Waals surface area contributed by atoms with Gasteiger partial charge in [-0.25, -0.2) is 0 Å². The number of aliphatic carboxylic acids is 2. The standard InChI is InChI=1S/C17H31N3O5S/c1-11(2)20-7-4-12(5-8-20)3-6-19-15(21)9-14(17(24)25)26-10-13(18)16(22)23/h11-14H,3-10,18H2,1-2H3,(H,19,21)(H,22,23)(H,24,25)/t13-,14?/m0/s1. The Morgan fingerprint density at radius 1 is 1.19 bits per heavy atom. The van der Waals surface area contributed by atoms with E-state index in [4.69, 9.17) is 10.8 Å². The lowest BCUT2D eigenvalue weighted by Gasteiger charge is -2.34. The first-order valence-corrected chi connectivity index (χ1v) is 10.1. The van der Waals surface area contributed by atoms with Crippen LogP contribution in [-0.2, 0) is 14.4 Å². The van der Waals surface area contributed by atoms with Crippen molar-refractivity contribution in [3.05, 3.63) is 0 Å². The molecule has 1 aliphatic heterocycles. The number of hydrogen-bond acceptors (Lipinski definition) is 6. The smallest absolute Gasteiger partial charge is 0.321 e. The molecule has 0 spiro atoms. The first kappa shape index (κ1) is 22.7. The van der Waals surface area contributed by atoms with E-state index in [1.807, 2.05) is 0 Å². The van der Waals surface area contributed by atoms with Gasteiger partial charge < -0.3 is 26.2 Å². The molecular weight excluding hydrogens is 358 g/mol. The van der Waals surface area contributed by atoms with Gasteiger partial charge in [-0.15, -0.1) is 11.8 Å². The van der Waals surface area contributed by atoms with Crippen molar-refractivity contribution in [1.29, 1.82) is 0 Å². The minimum absolute atomic E-state index is 0.0476. The van der Waals surface area contributed by atoms with Gasteiger partial charge in [0.15, 0.2) is 0 Å². The molecule has 0 aromatic heterocycles. The summed E-state index contributed by atoms with van der Waals surface area (Å²) in [7, 11) is 0. The van der Waals surface area contributed by atoms with Crippen LogP contribution in [0, 0.1) is 5.92 Å². The van der Waals surface area contributed by atoms with Crippen molar-refractivity contribution in [3.8, 4) is 0 Å². The number of nitrogens with zero attached hydrogens (tertiary/aromatic N) is 1. The number of hydrogen-bond donors (Lipinski definition) is 4. The van der Waals surface area contributed by atoms with E-state index in [1.165, 1.54) is 0 Å². The molecule has 1 saturated heterocycles. The Bertz CT molecular complexity index is 481. The summed E-state index contributed by atoms with van der Waals surface area (Å²) >= 11 is 0.887. The second-order valence-electron chi connectivity index (χ2n) is 7.02. The van der Waals surface area contributed by atoms with Crippen LogP contribution in [0.25, 0.3) is 0 Å². The Morgan fingerprint density at radius 3 is 2.31 bits per heavy atom. The molecule has 5 N–H and O–H groups in total. The number of likely N-dealkylation sites (tertiary alicyclic amines) is 1. The third-order valence-corrected chi connectivity index (χ3v) is 6.02. The Balaban J connectivity index is 2.27. The molecule has 1 rings (SSSR count). The topological polar surface area (TPSA) is 133 Å². The third kappa shape index (κ3) is 8.37. The minimum atomic E-state index is -1.19. The maximum absolute atomic E-state index is 12.0. The van der Waals surface area contributed by atoms with Gasteiger partial charge >= 0.3 is 11.9 Å². The van der Waals surface area contributed by atoms with Crippen molar-refractivity contribution in [1.82, 2.24) is 10.2 Å². The number of carbonyl (C=O) groups is 3. The lowest BCUT2D eigenvalue weighted by molar-refractivity contribution is -0.139. The predicted molar refractivity (Wildman–Crippen MR) is 101 cm³/mol. The first-order valence-electron chi connectivity index (χ1n) is 9.04. The Labute approximate surface area is 158 Å². The van der Waals surface area contributed by atoms with Crippen molar-refractivity contribution in [2.24, 2.45) is 11.7 Å². The molecule has 1 fully saturated rings. The van der Waals surface area contributed by atoms with Gasteiger partial charge in [0.2, 0.25) is 5.91 Å². The van der Waals surface area contributed by atoms with Gasteiger partial charge in [-0.1, -0.05) is 0 Å². The quantitative estimate of drug-likeness (QED) is 0.404. The second kappa shape index (κ2) is 11.4. The van der Waals surface area contributed by atoms with E-state index in [0.717, 1.165) is 44.1 Å². The molecule has 0 saturated carbocycles. The summed E-state index contributed by atoms with van der Waals surface area (Å²) in [5.41, 5.74) is 5.37. The molecule has 0 radical (unpaired) electrons. The highest BCUT2D eigenvalue weighted by molar-refractivity contribution is 8.00. The van der Waals surface area contributed by atoms with Crippen LogP contribution in [0.2, 0.25) is 0 Å². The highest BCUT2D eigenvalue weighted by Crippen LogP contribution is 2.21. The number of nitrogens with one attached hydrogen (secondary N) is 1. The fraction of sp³-hybridized carbons (Fsp3) is 0.824. The van der Waals surface area contributed by atoms with Crippen molar-refractivity contribution >= 4 is 29.6 Å². The zero-order valence-electron chi connectivity index (χ0n) is 15.5. The largest absolute Gasteiger partial charge is 0.480 e. The summed E-state index contributed by atoms with van der Waals surface area (Å²) in [4.78, 5) is 36.3. The van der Waals surface area contributed by atoms with E-state index in [1.54, 1.807) is 0 Å². The van der Waals surface area contributed by atoms with E-state index in [9.17, 15) is 19.5 Å². The Hall–Kier alpha value is -1.32. The van der Waals surface area contributed by atoms with Crippen molar-refractivity contribution in [2.75, 3.05) is 25.4 Å². The Morgan fingerprint density at radius 2 is 1.81 bits per heavy atom. The number of carbonyl (C=O) groups excluding carboxylic acids is 1. The number of rotatable bonds is 11. The van der Waals surface area contributed by atoms with Crippen molar-refractivity contribution in [2.45, 2.75) is 56.9 Å². The van der Waals surface area contributed by atoms with E-state index in [-0.39, 0.29) is 18.1 Å². The SMILES string of the molecule is CC(C)N1CCC(CCNC(=O)CC(SC[C@H](N)C(=O)O)C(=O)O)CC1. The monoisotopic (exact) mass is 389 g/mol. The van der Waals surface area contributed by atoms with E-state index >= 15 is 0 Å². The lowest BCUT2D eigenvalue weighted by Crippen LogP contribution is -2.39. The highest BCUT2D eigenvalue weighted by atomic mass is 32.2. The second-order valence-corrected chi connectivity index (χ2v) is 8.26. The summed E-state index contributed by atoms with van der Waals surface area (Å²) in [5, 5.41) is 19.7. The molecule has 0 aromatic carbocycles. The van der Waals surface area contributed by atoms with Gasteiger partial charge in [0, 0.05) is 24.8 Å². The summed E-state index contributed by atoms with van der Waals surface area (Å²) in [6, 6.07) is -0.572. The highest BCUT2D eigenvalue weighted by Gasteiger charge is 2.25. The fourth-order valence-electron chi connectivity index (χ4n) is 2.92. The maximum Gasteiger partial charge on any atom is 0.321 e. The van der Waals surface area contributed by atoms with Crippen LogP contribution >= 0.6 is 11.8 Å². The van der Waals surface area contributed by atoms with E-state index < -0.39 is 23.2 Å². The van der Waals surface area contributed by atoms with Crippen LogP contribution in [0.5, 0.6) is 0 Å². The zero-order valence-corrected chi connectivity index (χ0v) is 16.3. The molecule has 0 bridgehead atoms. The zero-order chi connectivity index (χ0) is 19.7. The number of carboxylic acids is 2. The lowest BCUT2D eigenvalue weighted by atomic mass is 9.93. The van der Waals surface area contributed by atoms with Gasteiger partial charge in [-0.05, 0) is 52.1 Å².